The minimum absolute atomic E-state index is 0.363. The summed E-state index contributed by atoms with van der Waals surface area (Å²) in [5, 5.41) is 3.49. The second-order valence-electron chi connectivity index (χ2n) is 6.71. The molecule has 4 heteroatoms. The lowest BCUT2D eigenvalue weighted by atomic mass is 10.1. The van der Waals surface area contributed by atoms with Crippen molar-refractivity contribution in [1.82, 2.24) is 15.2 Å². The predicted octanol–water partition coefficient (Wildman–Crippen LogP) is 3.46. The molecule has 25 heavy (non-hydrogen) atoms. The fourth-order valence-electron chi connectivity index (χ4n) is 3.50. The number of piperazine rings is 1. The van der Waals surface area contributed by atoms with Crippen LogP contribution in [0.4, 0.5) is 5.69 Å². The van der Waals surface area contributed by atoms with Gasteiger partial charge in [0.25, 0.3) is 0 Å². The number of nitrogens with one attached hydrogen (secondary N) is 1. The Balaban J connectivity index is 1.54. The van der Waals surface area contributed by atoms with E-state index in [1.165, 1.54) is 11.3 Å². The molecule has 0 saturated carbocycles. The molecule has 1 aromatic carbocycles. The topological polar surface area (TPSA) is 31.4 Å². The first-order valence-electron chi connectivity index (χ1n) is 9.50. The summed E-state index contributed by atoms with van der Waals surface area (Å²) in [6.07, 6.45) is 3.11. The maximum Gasteiger partial charge on any atom is 0.0574 e. The van der Waals surface area contributed by atoms with Crippen LogP contribution in [0, 0.1) is 0 Å². The summed E-state index contributed by atoms with van der Waals surface area (Å²) in [4.78, 5) is 9.70. The van der Waals surface area contributed by atoms with Gasteiger partial charge < -0.3 is 10.2 Å². The third-order valence-corrected chi connectivity index (χ3v) is 4.97. The van der Waals surface area contributed by atoms with E-state index in [0.717, 1.165) is 51.4 Å². The lowest BCUT2D eigenvalue weighted by Gasteiger charge is -2.36. The van der Waals surface area contributed by atoms with Gasteiger partial charge in [0.2, 0.25) is 0 Å². The molecule has 1 aliphatic heterocycles. The predicted molar refractivity (Wildman–Crippen MR) is 105 cm³/mol. The van der Waals surface area contributed by atoms with Gasteiger partial charge in [0.1, 0.15) is 0 Å². The normalized spacial score (nSPS) is 16.8. The summed E-state index contributed by atoms with van der Waals surface area (Å²) in [5.74, 6) is 0. The molecule has 0 radical (unpaired) electrons. The quantitative estimate of drug-likeness (QED) is 0.838. The summed E-state index contributed by atoms with van der Waals surface area (Å²) >= 11 is 0. The van der Waals surface area contributed by atoms with Crippen LogP contribution >= 0.6 is 0 Å². The van der Waals surface area contributed by atoms with Gasteiger partial charge in [-0.05, 0) is 30.7 Å². The average Bonchev–Trinajstić information content (AvgIpc) is 2.68. The molecule has 0 aliphatic carbocycles. The minimum Gasteiger partial charge on any atom is -0.368 e. The second-order valence-corrected chi connectivity index (χ2v) is 6.71. The number of nitrogens with zero attached hydrogens (tertiary/aromatic N) is 3. The molecule has 134 valence electrons. The number of pyridine rings is 1. The van der Waals surface area contributed by atoms with Gasteiger partial charge in [0, 0.05) is 38.8 Å². The Bertz CT molecular complexity index is 618. The van der Waals surface area contributed by atoms with Crippen molar-refractivity contribution >= 4 is 5.69 Å². The Hall–Kier alpha value is -1.91. The number of benzene rings is 1. The van der Waals surface area contributed by atoms with Crippen molar-refractivity contribution in [3.63, 3.8) is 0 Å². The van der Waals surface area contributed by atoms with Gasteiger partial charge in [-0.15, -0.1) is 0 Å². The molecule has 1 saturated heterocycles. The zero-order valence-electron chi connectivity index (χ0n) is 15.5. The van der Waals surface area contributed by atoms with Crippen molar-refractivity contribution in [2.24, 2.45) is 0 Å². The Morgan fingerprint density at radius 2 is 1.76 bits per heavy atom. The van der Waals surface area contributed by atoms with Crippen LogP contribution in [0.15, 0.2) is 48.7 Å². The van der Waals surface area contributed by atoms with Gasteiger partial charge in [0.05, 0.1) is 17.6 Å². The summed E-state index contributed by atoms with van der Waals surface area (Å²) in [6, 6.07) is 15.5. The molecule has 0 spiro atoms. The molecular formula is C21H30N4. The SMILES string of the molecule is CCNC(CC)c1ccc(N2CCN(Cc3ccccc3)CC2)cn1. The third kappa shape index (κ3) is 4.80. The third-order valence-electron chi connectivity index (χ3n) is 4.97. The first kappa shape index (κ1) is 17.9. The highest BCUT2D eigenvalue weighted by Crippen LogP contribution is 2.20. The number of rotatable bonds is 7. The summed E-state index contributed by atoms with van der Waals surface area (Å²) in [6.45, 7) is 10.7. The monoisotopic (exact) mass is 338 g/mol. The molecule has 1 aromatic heterocycles. The Morgan fingerprint density at radius 3 is 2.36 bits per heavy atom. The van der Waals surface area contributed by atoms with Crippen LogP contribution in [0.3, 0.4) is 0 Å². The van der Waals surface area contributed by atoms with E-state index in [1.54, 1.807) is 0 Å². The van der Waals surface area contributed by atoms with Crippen molar-refractivity contribution in [1.29, 1.82) is 0 Å². The molecule has 1 atom stereocenters. The van der Waals surface area contributed by atoms with Crippen molar-refractivity contribution in [2.75, 3.05) is 37.6 Å². The Morgan fingerprint density at radius 1 is 1.00 bits per heavy atom. The van der Waals surface area contributed by atoms with E-state index in [2.05, 4.69) is 71.4 Å². The molecule has 0 bridgehead atoms. The first-order chi connectivity index (χ1) is 12.3. The van der Waals surface area contributed by atoms with Gasteiger partial charge >= 0.3 is 0 Å². The molecular weight excluding hydrogens is 308 g/mol. The molecule has 1 N–H and O–H groups in total. The lowest BCUT2D eigenvalue weighted by Crippen LogP contribution is -2.46. The molecule has 4 nitrogen and oxygen atoms in total. The Labute approximate surface area is 151 Å². The standard InChI is InChI=1S/C21H30N4/c1-3-20(22-4-2)21-11-10-19(16-23-21)25-14-12-24(13-15-25)17-18-8-6-5-7-9-18/h5-11,16,20,22H,3-4,12-15,17H2,1-2H3. The van der Waals surface area contributed by atoms with Crippen LogP contribution in [-0.4, -0.2) is 42.6 Å². The fourth-order valence-corrected chi connectivity index (χ4v) is 3.50. The van der Waals surface area contributed by atoms with Crippen LogP contribution in [0.2, 0.25) is 0 Å². The van der Waals surface area contributed by atoms with Crippen molar-refractivity contribution in [3.05, 3.63) is 59.9 Å². The first-order valence-corrected chi connectivity index (χ1v) is 9.50. The smallest absolute Gasteiger partial charge is 0.0574 e. The number of hydrogen-bond donors (Lipinski definition) is 1. The lowest BCUT2D eigenvalue weighted by molar-refractivity contribution is 0.250. The van der Waals surface area contributed by atoms with E-state index in [0.29, 0.717) is 6.04 Å². The highest BCUT2D eigenvalue weighted by atomic mass is 15.3. The zero-order chi connectivity index (χ0) is 17.5. The molecule has 3 rings (SSSR count). The van der Waals surface area contributed by atoms with E-state index in [4.69, 9.17) is 4.98 Å². The van der Waals surface area contributed by atoms with E-state index < -0.39 is 0 Å². The summed E-state index contributed by atoms with van der Waals surface area (Å²) in [7, 11) is 0. The molecule has 1 fully saturated rings. The molecule has 1 unspecified atom stereocenters. The van der Waals surface area contributed by atoms with E-state index in [1.807, 2.05) is 6.20 Å². The molecule has 2 heterocycles. The zero-order valence-corrected chi connectivity index (χ0v) is 15.5. The van der Waals surface area contributed by atoms with E-state index in [9.17, 15) is 0 Å². The second kappa shape index (κ2) is 8.97. The van der Waals surface area contributed by atoms with Crippen molar-refractivity contribution in [2.45, 2.75) is 32.9 Å². The van der Waals surface area contributed by atoms with E-state index in [-0.39, 0.29) is 0 Å². The maximum absolute atomic E-state index is 4.71. The average molecular weight is 338 g/mol. The van der Waals surface area contributed by atoms with Crippen molar-refractivity contribution < 1.29 is 0 Å². The maximum atomic E-state index is 4.71. The fraction of sp³-hybridized carbons (Fsp3) is 0.476. The van der Waals surface area contributed by atoms with Gasteiger partial charge in [0.15, 0.2) is 0 Å². The Kier molecular flexibility index (Phi) is 6.42. The van der Waals surface area contributed by atoms with Crippen LogP contribution < -0.4 is 10.2 Å². The van der Waals surface area contributed by atoms with Crippen molar-refractivity contribution in [3.8, 4) is 0 Å². The van der Waals surface area contributed by atoms with Crippen LogP contribution in [0.5, 0.6) is 0 Å². The minimum atomic E-state index is 0.363. The summed E-state index contributed by atoms with van der Waals surface area (Å²) < 4.78 is 0. The summed E-state index contributed by atoms with van der Waals surface area (Å²) in [5.41, 5.74) is 3.79. The van der Waals surface area contributed by atoms with Gasteiger partial charge in [-0.25, -0.2) is 0 Å². The molecule has 2 aromatic rings. The molecule has 1 aliphatic rings. The van der Waals surface area contributed by atoms with Gasteiger partial charge in [-0.2, -0.15) is 0 Å². The van der Waals surface area contributed by atoms with Gasteiger partial charge in [-0.1, -0.05) is 44.2 Å². The number of hydrogen-bond acceptors (Lipinski definition) is 4. The highest BCUT2D eigenvalue weighted by molar-refractivity contribution is 5.45. The number of aromatic nitrogens is 1. The largest absolute Gasteiger partial charge is 0.368 e. The van der Waals surface area contributed by atoms with Crippen LogP contribution in [0.25, 0.3) is 0 Å². The van der Waals surface area contributed by atoms with E-state index >= 15 is 0 Å². The van der Waals surface area contributed by atoms with Gasteiger partial charge in [-0.3, -0.25) is 9.88 Å². The number of anilines is 1. The van der Waals surface area contributed by atoms with Crippen LogP contribution in [0.1, 0.15) is 37.6 Å². The van der Waals surface area contributed by atoms with Crippen LogP contribution in [-0.2, 0) is 6.54 Å². The highest BCUT2D eigenvalue weighted by Gasteiger charge is 2.18. The molecule has 0 amide bonds.